The van der Waals surface area contributed by atoms with Crippen LogP contribution in [-0.2, 0) is 13.0 Å². The van der Waals surface area contributed by atoms with Crippen LogP contribution in [0, 0.1) is 0 Å². The van der Waals surface area contributed by atoms with Crippen molar-refractivity contribution in [2.45, 2.75) is 33.2 Å². The molecule has 0 atom stereocenters. The van der Waals surface area contributed by atoms with E-state index < -0.39 is 0 Å². The molecule has 0 saturated carbocycles. The van der Waals surface area contributed by atoms with Crippen LogP contribution in [0.4, 0.5) is 11.6 Å². The molecule has 5 nitrogen and oxygen atoms in total. The summed E-state index contributed by atoms with van der Waals surface area (Å²) >= 11 is 0. The van der Waals surface area contributed by atoms with E-state index in [2.05, 4.69) is 34.0 Å². The van der Waals surface area contributed by atoms with Crippen LogP contribution < -0.4 is 10.2 Å². The van der Waals surface area contributed by atoms with Gasteiger partial charge in [-0.3, -0.25) is 0 Å². The van der Waals surface area contributed by atoms with Crippen molar-refractivity contribution in [3.63, 3.8) is 0 Å². The second kappa shape index (κ2) is 6.93. The number of nitrogens with zero attached hydrogens (tertiary/aromatic N) is 3. The third kappa shape index (κ3) is 3.50. The molecule has 0 unspecified atom stereocenters. The molecule has 108 valence electrons. The summed E-state index contributed by atoms with van der Waals surface area (Å²) in [5, 5.41) is 3.10. The molecule has 0 bridgehead atoms. The summed E-state index contributed by atoms with van der Waals surface area (Å²) in [6.07, 6.45) is 3.63. The van der Waals surface area contributed by atoms with Crippen LogP contribution in [-0.4, -0.2) is 23.6 Å². The number of furan rings is 1. The van der Waals surface area contributed by atoms with Gasteiger partial charge in [-0.1, -0.05) is 6.92 Å². The lowest BCUT2D eigenvalue weighted by Gasteiger charge is -2.21. The van der Waals surface area contributed by atoms with Crippen molar-refractivity contribution in [1.82, 2.24) is 9.97 Å². The van der Waals surface area contributed by atoms with Gasteiger partial charge in [0.15, 0.2) is 0 Å². The van der Waals surface area contributed by atoms with Crippen molar-refractivity contribution >= 4 is 11.6 Å². The molecule has 0 spiro atoms. The standard InChI is InChI=1S/C15H22N4O/c1-4-7-13-17-14(16-3)10-15(18-13)19(5-2)11-12-8-6-9-20-12/h6,8-10H,4-5,7,11H2,1-3H3,(H,16,17,18). The highest BCUT2D eigenvalue weighted by Gasteiger charge is 2.11. The largest absolute Gasteiger partial charge is 0.467 e. The highest BCUT2D eigenvalue weighted by molar-refractivity contribution is 5.49. The molecule has 0 aliphatic rings. The lowest BCUT2D eigenvalue weighted by atomic mass is 10.3. The maximum atomic E-state index is 5.42. The maximum absolute atomic E-state index is 5.42. The molecule has 0 amide bonds. The Kier molecular flexibility index (Phi) is 4.98. The Labute approximate surface area is 120 Å². The first-order valence-corrected chi connectivity index (χ1v) is 7.09. The second-order valence-corrected chi connectivity index (χ2v) is 4.62. The number of anilines is 2. The number of aromatic nitrogens is 2. The Morgan fingerprint density at radius 3 is 2.75 bits per heavy atom. The van der Waals surface area contributed by atoms with Crippen LogP contribution >= 0.6 is 0 Å². The quantitative estimate of drug-likeness (QED) is 0.841. The SMILES string of the molecule is CCCc1nc(NC)cc(N(CC)Cc2ccco2)n1. The molecule has 0 aliphatic carbocycles. The van der Waals surface area contributed by atoms with Gasteiger partial charge < -0.3 is 14.6 Å². The first-order valence-electron chi connectivity index (χ1n) is 7.09. The van der Waals surface area contributed by atoms with E-state index in [0.29, 0.717) is 0 Å². The van der Waals surface area contributed by atoms with Gasteiger partial charge in [-0.2, -0.15) is 0 Å². The number of hydrogen-bond acceptors (Lipinski definition) is 5. The van der Waals surface area contributed by atoms with Gasteiger partial charge in [-0.15, -0.1) is 0 Å². The van der Waals surface area contributed by atoms with Crippen LogP contribution in [0.5, 0.6) is 0 Å². The molecular formula is C15H22N4O. The average Bonchev–Trinajstić information content (AvgIpc) is 2.97. The fourth-order valence-electron chi connectivity index (χ4n) is 2.05. The first kappa shape index (κ1) is 14.4. The van der Waals surface area contributed by atoms with Crippen LogP contribution in [0.2, 0.25) is 0 Å². The molecule has 2 aromatic heterocycles. The smallest absolute Gasteiger partial charge is 0.134 e. The molecule has 2 rings (SSSR count). The monoisotopic (exact) mass is 274 g/mol. The molecule has 5 heteroatoms. The zero-order valence-electron chi connectivity index (χ0n) is 12.4. The van der Waals surface area contributed by atoms with Crippen LogP contribution in [0.25, 0.3) is 0 Å². The first-order chi connectivity index (χ1) is 9.76. The van der Waals surface area contributed by atoms with Crippen LogP contribution in [0.1, 0.15) is 31.9 Å². The Balaban J connectivity index is 2.25. The van der Waals surface area contributed by atoms with Gasteiger partial charge in [0, 0.05) is 26.1 Å². The maximum Gasteiger partial charge on any atom is 0.134 e. The molecule has 20 heavy (non-hydrogen) atoms. The van der Waals surface area contributed by atoms with E-state index in [0.717, 1.165) is 49.2 Å². The third-order valence-corrected chi connectivity index (χ3v) is 3.12. The minimum atomic E-state index is 0.717. The summed E-state index contributed by atoms with van der Waals surface area (Å²) in [7, 11) is 1.88. The number of hydrogen-bond donors (Lipinski definition) is 1. The molecule has 2 heterocycles. The van der Waals surface area contributed by atoms with Gasteiger partial charge in [0.25, 0.3) is 0 Å². The second-order valence-electron chi connectivity index (χ2n) is 4.62. The average molecular weight is 274 g/mol. The highest BCUT2D eigenvalue weighted by atomic mass is 16.3. The van der Waals surface area contributed by atoms with Crippen molar-refractivity contribution in [3.8, 4) is 0 Å². The Bertz CT molecular complexity index is 525. The molecule has 0 saturated heterocycles. The van der Waals surface area contributed by atoms with Gasteiger partial charge in [-0.25, -0.2) is 9.97 Å². The van der Waals surface area contributed by atoms with E-state index in [9.17, 15) is 0 Å². The van der Waals surface area contributed by atoms with Crippen molar-refractivity contribution in [2.24, 2.45) is 0 Å². The Morgan fingerprint density at radius 2 is 2.15 bits per heavy atom. The normalized spacial score (nSPS) is 10.6. The van der Waals surface area contributed by atoms with Crippen molar-refractivity contribution in [3.05, 3.63) is 36.0 Å². The molecule has 0 aromatic carbocycles. The Morgan fingerprint density at radius 1 is 1.30 bits per heavy atom. The minimum absolute atomic E-state index is 0.717. The minimum Gasteiger partial charge on any atom is -0.467 e. The van der Waals surface area contributed by atoms with E-state index >= 15 is 0 Å². The predicted molar refractivity (Wildman–Crippen MR) is 81.0 cm³/mol. The fourth-order valence-corrected chi connectivity index (χ4v) is 2.05. The van der Waals surface area contributed by atoms with E-state index in [4.69, 9.17) is 4.42 Å². The highest BCUT2D eigenvalue weighted by Crippen LogP contribution is 2.19. The number of nitrogens with one attached hydrogen (secondary N) is 1. The van der Waals surface area contributed by atoms with Gasteiger partial charge in [0.2, 0.25) is 0 Å². The summed E-state index contributed by atoms with van der Waals surface area (Å²) in [5.41, 5.74) is 0. The van der Waals surface area contributed by atoms with Gasteiger partial charge in [-0.05, 0) is 25.5 Å². The van der Waals surface area contributed by atoms with E-state index in [1.165, 1.54) is 0 Å². The summed E-state index contributed by atoms with van der Waals surface area (Å²) in [4.78, 5) is 11.3. The molecule has 0 radical (unpaired) electrons. The van der Waals surface area contributed by atoms with E-state index in [1.807, 2.05) is 25.2 Å². The molecule has 0 aliphatic heterocycles. The fraction of sp³-hybridized carbons (Fsp3) is 0.467. The Hall–Kier alpha value is -2.04. The lowest BCUT2D eigenvalue weighted by molar-refractivity contribution is 0.502. The van der Waals surface area contributed by atoms with Gasteiger partial charge >= 0.3 is 0 Å². The molecular weight excluding hydrogens is 252 g/mol. The summed E-state index contributed by atoms with van der Waals surface area (Å²) in [5.74, 6) is 3.61. The molecule has 1 N–H and O–H groups in total. The van der Waals surface area contributed by atoms with Crippen molar-refractivity contribution in [2.75, 3.05) is 23.8 Å². The zero-order chi connectivity index (χ0) is 14.4. The summed E-state index contributed by atoms with van der Waals surface area (Å²) in [6, 6.07) is 5.87. The third-order valence-electron chi connectivity index (χ3n) is 3.12. The van der Waals surface area contributed by atoms with Gasteiger partial charge in [0.05, 0.1) is 12.8 Å². The van der Waals surface area contributed by atoms with Gasteiger partial charge in [0.1, 0.15) is 23.2 Å². The summed E-state index contributed by atoms with van der Waals surface area (Å²) < 4.78 is 5.42. The predicted octanol–water partition coefficient (Wildman–Crippen LogP) is 3.09. The van der Waals surface area contributed by atoms with Crippen LogP contribution in [0.15, 0.2) is 28.9 Å². The lowest BCUT2D eigenvalue weighted by Crippen LogP contribution is -2.23. The molecule has 2 aromatic rings. The number of aryl methyl sites for hydroxylation is 1. The number of rotatable bonds is 7. The summed E-state index contributed by atoms with van der Waals surface area (Å²) in [6.45, 7) is 5.83. The zero-order valence-corrected chi connectivity index (χ0v) is 12.4. The topological polar surface area (TPSA) is 54.2 Å². The van der Waals surface area contributed by atoms with Crippen molar-refractivity contribution < 1.29 is 4.42 Å². The van der Waals surface area contributed by atoms with Crippen LogP contribution in [0.3, 0.4) is 0 Å². The van der Waals surface area contributed by atoms with E-state index in [-0.39, 0.29) is 0 Å². The van der Waals surface area contributed by atoms with Crippen molar-refractivity contribution in [1.29, 1.82) is 0 Å². The van der Waals surface area contributed by atoms with E-state index in [1.54, 1.807) is 6.26 Å². The molecule has 0 fully saturated rings.